The predicted molar refractivity (Wildman–Crippen MR) is 75.4 cm³/mol. The molecule has 0 saturated heterocycles. The lowest BCUT2D eigenvalue weighted by Crippen LogP contribution is -2.02. The summed E-state index contributed by atoms with van der Waals surface area (Å²) in [5.74, 6) is 0.631. The van der Waals surface area contributed by atoms with Crippen molar-refractivity contribution < 1.29 is 9.32 Å². The van der Waals surface area contributed by atoms with Gasteiger partial charge in [-0.3, -0.25) is 4.21 Å². The van der Waals surface area contributed by atoms with Gasteiger partial charge in [0, 0.05) is 22.5 Å². The van der Waals surface area contributed by atoms with Gasteiger partial charge in [-0.2, -0.15) is 0 Å². The number of rotatable bonds is 7. The van der Waals surface area contributed by atoms with Crippen LogP contribution in [-0.2, 0) is 10.8 Å². The van der Waals surface area contributed by atoms with Crippen molar-refractivity contribution in [3.8, 4) is 0 Å². The highest BCUT2D eigenvalue weighted by atomic mass is 79.9. The zero-order valence-electron chi connectivity index (χ0n) is 9.69. The first kappa shape index (κ1) is 14.7. The molecule has 0 aliphatic carbocycles. The molecule has 0 spiro atoms. The highest BCUT2D eigenvalue weighted by Crippen LogP contribution is 2.22. The maximum absolute atomic E-state index is 12.0. The first-order valence-corrected chi connectivity index (χ1v) is 7.80. The molecule has 1 aromatic rings. The van der Waals surface area contributed by atoms with E-state index in [9.17, 15) is 4.21 Å². The van der Waals surface area contributed by atoms with Gasteiger partial charge in [0.25, 0.3) is 0 Å². The van der Waals surface area contributed by atoms with Gasteiger partial charge in [-0.05, 0) is 31.0 Å². The number of nitrogens with two attached hydrogens (primary N) is 1. The number of anilines is 1. The fourth-order valence-corrected chi connectivity index (χ4v) is 3.30. The number of aliphatic hydroxyl groups excluding tert-OH is 1. The Kier molecular flexibility index (Phi) is 6.77. The van der Waals surface area contributed by atoms with E-state index in [0.29, 0.717) is 16.3 Å². The number of halogens is 1. The second-order valence-corrected chi connectivity index (χ2v) is 6.32. The van der Waals surface area contributed by atoms with Crippen LogP contribution < -0.4 is 5.73 Å². The summed E-state index contributed by atoms with van der Waals surface area (Å²) in [6.07, 6.45) is 3.71. The molecule has 0 heterocycles. The standard InChI is InChI=1S/C12H18BrNO2S/c13-10-5-6-11(14)12(9-10)17(16)8-4-2-1-3-7-15/h5-6,9,15H,1-4,7-8,14H2. The van der Waals surface area contributed by atoms with E-state index in [-0.39, 0.29) is 6.61 Å². The van der Waals surface area contributed by atoms with Crippen LogP contribution in [0.25, 0.3) is 0 Å². The van der Waals surface area contributed by atoms with Crippen molar-refractivity contribution in [3.05, 3.63) is 22.7 Å². The van der Waals surface area contributed by atoms with Gasteiger partial charge >= 0.3 is 0 Å². The lowest BCUT2D eigenvalue weighted by molar-refractivity contribution is 0.283. The van der Waals surface area contributed by atoms with Crippen LogP contribution in [0.2, 0.25) is 0 Å². The highest BCUT2D eigenvalue weighted by Gasteiger charge is 2.08. The van der Waals surface area contributed by atoms with E-state index in [4.69, 9.17) is 10.8 Å². The Bertz CT molecular complexity index is 385. The summed E-state index contributed by atoms with van der Waals surface area (Å²) in [6.45, 7) is 0.238. The molecule has 0 bridgehead atoms. The average molecular weight is 320 g/mol. The van der Waals surface area contributed by atoms with E-state index in [1.54, 1.807) is 6.07 Å². The summed E-state index contributed by atoms with van der Waals surface area (Å²) in [4.78, 5) is 0.710. The molecule has 0 aliphatic rings. The number of nitrogen functional groups attached to an aromatic ring is 1. The third-order valence-corrected chi connectivity index (χ3v) is 4.46. The molecule has 1 unspecified atom stereocenters. The average Bonchev–Trinajstić information content (AvgIpc) is 2.32. The van der Waals surface area contributed by atoms with Crippen molar-refractivity contribution in [2.75, 3.05) is 18.1 Å². The third-order valence-electron chi connectivity index (χ3n) is 2.46. The Morgan fingerprint density at radius 1 is 1.24 bits per heavy atom. The first-order chi connectivity index (χ1) is 8.15. The predicted octanol–water partition coefficient (Wildman–Crippen LogP) is 2.69. The van der Waals surface area contributed by atoms with Gasteiger partial charge in [0.15, 0.2) is 0 Å². The van der Waals surface area contributed by atoms with Gasteiger partial charge in [0.05, 0.1) is 15.7 Å². The Morgan fingerprint density at radius 2 is 1.94 bits per heavy atom. The lowest BCUT2D eigenvalue weighted by Gasteiger charge is -2.06. The molecule has 3 N–H and O–H groups in total. The van der Waals surface area contributed by atoms with Gasteiger partial charge in [-0.15, -0.1) is 0 Å². The van der Waals surface area contributed by atoms with Crippen LogP contribution in [0.5, 0.6) is 0 Å². The second-order valence-electron chi connectivity index (χ2n) is 3.87. The van der Waals surface area contributed by atoms with Crippen LogP contribution in [0.1, 0.15) is 25.7 Å². The maximum atomic E-state index is 12.0. The van der Waals surface area contributed by atoms with Gasteiger partial charge < -0.3 is 10.8 Å². The van der Waals surface area contributed by atoms with E-state index in [1.807, 2.05) is 12.1 Å². The Hall–Kier alpha value is -0.390. The van der Waals surface area contributed by atoms with E-state index < -0.39 is 10.8 Å². The SMILES string of the molecule is Nc1ccc(Br)cc1S(=O)CCCCCCO. The number of hydrogen-bond donors (Lipinski definition) is 2. The number of unbranched alkanes of at least 4 members (excludes halogenated alkanes) is 3. The summed E-state index contributed by atoms with van der Waals surface area (Å²) in [6, 6.07) is 5.43. The molecule has 0 fully saturated rings. The van der Waals surface area contributed by atoms with E-state index in [0.717, 1.165) is 30.2 Å². The Labute approximate surface area is 113 Å². The van der Waals surface area contributed by atoms with Gasteiger partial charge in [0.2, 0.25) is 0 Å². The van der Waals surface area contributed by atoms with Crippen LogP contribution in [-0.4, -0.2) is 21.7 Å². The van der Waals surface area contributed by atoms with Crippen molar-refractivity contribution in [1.82, 2.24) is 0 Å². The molecule has 1 rings (SSSR count). The monoisotopic (exact) mass is 319 g/mol. The quantitative estimate of drug-likeness (QED) is 0.600. The molecule has 5 heteroatoms. The molecule has 0 radical (unpaired) electrons. The summed E-state index contributed by atoms with van der Waals surface area (Å²) in [5, 5.41) is 8.64. The molecule has 0 aliphatic heterocycles. The van der Waals surface area contributed by atoms with Crippen molar-refractivity contribution in [2.45, 2.75) is 30.6 Å². The molecule has 96 valence electrons. The first-order valence-electron chi connectivity index (χ1n) is 5.69. The van der Waals surface area contributed by atoms with Crippen LogP contribution in [0.3, 0.4) is 0 Å². The third kappa shape index (κ3) is 5.19. The fraction of sp³-hybridized carbons (Fsp3) is 0.500. The summed E-state index contributed by atoms with van der Waals surface area (Å²) in [7, 11) is -1.03. The minimum atomic E-state index is -1.03. The minimum absolute atomic E-state index is 0.238. The molecule has 3 nitrogen and oxygen atoms in total. The highest BCUT2D eigenvalue weighted by molar-refractivity contribution is 9.10. The molecule has 1 atom stereocenters. The number of aliphatic hydroxyl groups is 1. The molecule has 0 amide bonds. The molecule has 1 aromatic carbocycles. The van der Waals surface area contributed by atoms with Crippen LogP contribution in [0.4, 0.5) is 5.69 Å². The smallest absolute Gasteiger partial charge is 0.0628 e. The van der Waals surface area contributed by atoms with Gasteiger partial charge in [-0.1, -0.05) is 28.8 Å². The summed E-state index contributed by atoms with van der Waals surface area (Å²) in [5.41, 5.74) is 6.38. The Morgan fingerprint density at radius 3 is 2.65 bits per heavy atom. The van der Waals surface area contributed by atoms with E-state index in [2.05, 4.69) is 15.9 Å². The summed E-state index contributed by atoms with van der Waals surface area (Å²) < 4.78 is 12.9. The molecule has 17 heavy (non-hydrogen) atoms. The molecule has 0 aromatic heterocycles. The normalized spacial score (nSPS) is 12.6. The van der Waals surface area contributed by atoms with Crippen LogP contribution >= 0.6 is 15.9 Å². The molecular formula is C12H18BrNO2S. The van der Waals surface area contributed by atoms with Crippen LogP contribution in [0.15, 0.2) is 27.6 Å². The van der Waals surface area contributed by atoms with Crippen molar-refractivity contribution in [1.29, 1.82) is 0 Å². The largest absolute Gasteiger partial charge is 0.398 e. The zero-order chi connectivity index (χ0) is 12.7. The lowest BCUT2D eigenvalue weighted by atomic mass is 10.2. The van der Waals surface area contributed by atoms with Crippen molar-refractivity contribution in [3.63, 3.8) is 0 Å². The minimum Gasteiger partial charge on any atom is -0.398 e. The van der Waals surface area contributed by atoms with E-state index in [1.165, 1.54) is 0 Å². The fourth-order valence-electron chi connectivity index (χ4n) is 1.51. The topological polar surface area (TPSA) is 63.3 Å². The Balaban J connectivity index is 2.44. The number of hydrogen-bond acceptors (Lipinski definition) is 3. The van der Waals surface area contributed by atoms with Crippen molar-refractivity contribution >= 4 is 32.4 Å². The molecule has 0 saturated carbocycles. The van der Waals surface area contributed by atoms with Crippen LogP contribution in [0, 0.1) is 0 Å². The summed E-state index contributed by atoms with van der Waals surface area (Å²) >= 11 is 3.35. The van der Waals surface area contributed by atoms with E-state index >= 15 is 0 Å². The zero-order valence-corrected chi connectivity index (χ0v) is 12.1. The van der Waals surface area contributed by atoms with Gasteiger partial charge in [-0.25, -0.2) is 0 Å². The van der Waals surface area contributed by atoms with Gasteiger partial charge in [0.1, 0.15) is 0 Å². The number of benzene rings is 1. The molecular weight excluding hydrogens is 302 g/mol. The maximum Gasteiger partial charge on any atom is 0.0628 e. The van der Waals surface area contributed by atoms with Crippen molar-refractivity contribution in [2.24, 2.45) is 0 Å². The second kappa shape index (κ2) is 7.84.